The number of tetrazole rings is 1. The molecule has 0 unspecified atom stereocenters. The summed E-state index contributed by atoms with van der Waals surface area (Å²) in [7, 11) is 0. The molecule has 0 spiro atoms. The van der Waals surface area contributed by atoms with Gasteiger partial charge in [-0.25, -0.2) is 0 Å². The number of piperazine rings is 1. The van der Waals surface area contributed by atoms with Crippen molar-refractivity contribution >= 4 is 34.5 Å². The molecule has 1 aromatic carbocycles. The lowest BCUT2D eigenvalue weighted by Gasteiger charge is -2.38. The molecule has 0 aliphatic carbocycles. The lowest BCUT2D eigenvalue weighted by Crippen LogP contribution is -2.50. The lowest BCUT2D eigenvalue weighted by atomic mass is 10.1. The van der Waals surface area contributed by atoms with Crippen molar-refractivity contribution in [3.63, 3.8) is 0 Å². The van der Waals surface area contributed by atoms with Gasteiger partial charge in [0.2, 0.25) is 11.7 Å². The van der Waals surface area contributed by atoms with E-state index >= 15 is 0 Å². The molecule has 2 aromatic rings. The van der Waals surface area contributed by atoms with Gasteiger partial charge in [0.15, 0.2) is 0 Å². The van der Waals surface area contributed by atoms with E-state index in [0.29, 0.717) is 31.2 Å². The fraction of sp³-hybridized carbons (Fsp3) is 0.389. The normalized spacial score (nSPS) is 14.9. The van der Waals surface area contributed by atoms with Crippen molar-refractivity contribution in [2.24, 2.45) is 5.92 Å². The van der Waals surface area contributed by atoms with E-state index in [1.54, 1.807) is 0 Å². The number of rotatable bonds is 5. The van der Waals surface area contributed by atoms with Crippen LogP contribution >= 0.6 is 11.6 Å². The summed E-state index contributed by atoms with van der Waals surface area (Å²) in [5.74, 6) is 0.363. The number of anilines is 2. The molecule has 28 heavy (non-hydrogen) atoms. The van der Waals surface area contributed by atoms with Crippen molar-refractivity contribution < 1.29 is 4.79 Å². The highest BCUT2D eigenvalue weighted by Gasteiger charge is 2.25. The summed E-state index contributed by atoms with van der Waals surface area (Å²) in [4.78, 5) is 16.2. The Labute approximate surface area is 168 Å². The van der Waals surface area contributed by atoms with E-state index in [9.17, 15) is 10.1 Å². The number of benzene rings is 1. The van der Waals surface area contributed by atoms with E-state index in [-0.39, 0.29) is 23.2 Å². The minimum Gasteiger partial charge on any atom is -0.365 e. The van der Waals surface area contributed by atoms with Gasteiger partial charge in [0.05, 0.1) is 16.4 Å². The van der Waals surface area contributed by atoms with Gasteiger partial charge in [-0.3, -0.25) is 4.79 Å². The number of nitriles is 1. The average Bonchev–Trinajstić information content (AvgIpc) is 3.23. The van der Waals surface area contributed by atoms with E-state index in [2.05, 4.69) is 30.8 Å². The van der Waals surface area contributed by atoms with E-state index in [4.69, 9.17) is 11.6 Å². The van der Waals surface area contributed by atoms with Crippen molar-refractivity contribution in [2.75, 3.05) is 36.4 Å². The molecule has 1 saturated heterocycles. The topological polar surface area (TPSA) is 114 Å². The standard InChI is InChI=1S/C18H21ClN8O/c1-12(2)18(28)27-8-6-26(7-9-27)16-14(19)4-3-5-15(16)21-11-13(10-20)17-22-24-25-23-17/h3-5,11-12,21H,6-9H2,1-2H3,(H,22,23,24,25). The number of amides is 1. The fourth-order valence-corrected chi connectivity index (χ4v) is 3.34. The number of hydrogen-bond donors (Lipinski definition) is 2. The first-order valence-electron chi connectivity index (χ1n) is 8.94. The molecule has 0 bridgehead atoms. The second-order valence-electron chi connectivity index (χ2n) is 6.65. The number of para-hydroxylation sites is 1. The first-order chi connectivity index (χ1) is 13.5. The quantitative estimate of drug-likeness (QED) is 0.739. The molecule has 1 fully saturated rings. The van der Waals surface area contributed by atoms with Crippen LogP contribution < -0.4 is 10.2 Å². The van der Waals surface area contributed by atoms with Crippen LogP contribution in [0, 0.1) is 17.2 Å². The van der Waals surface area contributed by atoms with Crippen molar-refractivity contribution in [1.29, 1.82) is 5.26 Å². The smallest absolute Gasteiger partial charge is 0.225 e. The van der Waals surface area contributed by atoms with E-state index in [1.807, 2.05) is 43.0 Å². The number of aromatic nitrogens is 4. The number of nitrogens with one attached hydrogen (secondary N) is 2. The number of carbonyl (C=O) groups is 1. The second kappa shape index (κ2) is 8.71. The van der Waals surface area contributed by atoms with Crippen molar-refractivity contribution in [2.45, 2.75) is 13.8 Å². The number of aromatic amines is 1. The van der Waals surface area contributed by atoms with Gasteiger partial charge >= 0.3 is 0 Å². The first kappa shape index (κ1) is 19.6. The molecule has 2 heterocycles. The summed E-state index contributed by atoms with van der Waals surface area (Å²) in [5.41, 5.74) is 1.84. The Morgan fingerprint density at radius 3 is 2.71 bits per heavy atom. The Bertz CT molecular complexity index is 895. The van der Waals surface area contributed by atoms with Crippen LogP contribution in [0.25, 0.3) is 5.57 Å². The third kappa shape index (κ3) is 4.23. The third-order valence-corrected chi connectivity index (χ3v) is 4.77. The SMILES string of the molecule is CC(C)C(=O)N1CCN(c2c(Cl)cccc2NC=C(C#N)c2nn[nH]n2)CC1. The average molecular weight is 401 g/mol. The molecule has 1 amide bonds. The highest BCUT2D eigenvalue weighted by molar-refractivity contribution is 6.34. The molecule has 2 N–H and O–H groups in total. The van der Waals surface area contributed by atoms with Gasteiger partial charge in [-0.1, -0.05) is 31.5 Å². The molecule has 146 valence electrons. The first-order valence-corrected chi connectivity index (χ1v) is 9.32. The molecule has 10 heteroatoms. The Hall–Kier alpha value is -3.12. The van der Waals surface area contributed by atoms with E-state index < -0.39 is 0 Å². The summed E-state index contributed by atoms with van der Waals surface area (Å²) >= 11 is 6.47. The maximum absolute atomic E-state index is 12.2. The molecule has 0 atom stereocenters. The number of H-pyrrole nitrogens is 1. The molecule has 0 saturated carbocycles. The van der Waals surface area contributed by atoms with Gasteiger partial charge in [-0.2, -0.15) is 10.5 Å². The zero-order chi connectivity index (χ0) is 20.1. The predicted octanol–water partition coefficient (Wildman–Crippen LogP) is 2.13. The Morgan fingerprint density at radius 2 is 2.11 bits per heavy atom. The van der Waals surface area contributed by atoms with Crippen LogP contribution in [-0.2, 0) is 4.79 Å². The minimum atomic E-state index is -0.0104. The van der Waals surface area contributed by atoms with Crippen molar-refractivity contribution in [3.05, 3.63) is 35.2 Å². The molecule has 1 aromatic heterocycles. The van der Waals surface area contributed by atoms with Gasteiger partial charge < -0.3 is 15.1 Å². The Balaban J connectivity index is 1.78. The summed E-state index contributed by atoms with van der Waals surface area (Å²) in [5, 5.41) is 26.5. The zero-order valence-corrected chi connectivity index (χ0v) is 16.4. The number of nitrogens with zero attached hydrogens (tertiary/aromatic N) is 6. The largest absolute Gasteiger partial charge is 0.365 e. The molecular formula is C18H21ClN8O. The number of hydrogen-bond acceptors (Lipinski definition) is 7. The molecule has 3 rings (SSSR count). The summed E-state index contributed by atoms with van der Waals surface area (Å²) in [6.45, 7) is 6.46. The van der Waals surface area contributed by atoms with Crippen LogP contribution in [0.1, 0.15) is 19.7 Å². The molecule has 1 aliphatic rings. The maximum Gasteiger partial charge on any atom is 0.225 e. The van der Waals surface area contributed by atoms with E-state index in [1.165, 1.54) is 6.20 Å². The van der Waals surface area contributed by atoms with Crippen molar-refractivity contribution in [1.82, 2.24) is 25.5 Å². The second-order valence-corrected chi connectivity index (χ2v) is 7.06. The van der Waals surface area contributed by atoms with E-state index in [0.717, 1.165) is 11.4 Å². The van der Waals surface area contributed by atoms with Gasteiger partial charge in [0.25, 0.3) is 0 Å². The van der Waals surface area contributed by atoms with Crippen LogP contribution in [0.2, 0.25) is 5.02 Å². The summed E-state index contributed by atoms with van der Waals surface area (Å²) < 4.78 is 0. The van der Waals surface area contributed by atoms with Gasteiger partial charge in [0.1, 0.15) is 11.6 Å². The fourth-order valence-electron chi connectivity index (χ4n) is 3.04. The van der Waals surface area contributed by atoms with Gasteiger partial charge in [-0.05, 0) is 17.3 Å². The molecule has 1 aliphatic heterocycles. The molecule has 0 radical (unpaired) electrons. The Kier molecular flexibility index (Phi) is 6.11. The lowest BCUT2D eigenvalue weighted by molar-refractivity contribution is -0.134. The minimum absolute atomic E-state index is 0.0104. The predicted molar refractivity (Wildman–Crippen MR) is 106 cm³/mol. The zero-order valence-electron chi connectivity index (χ0n) is 15.7. The maximum atomic E-state index is 12.2. The van der Waals surface area contributed by atoms with Crippen LogP contribution in [0.5, 0.6) is 0 Å². The number of carbonyl (C=O) groups excluding carboxylic acids is 1. The monoisotopic (exact) mass is 400 g/mol. The summed E-state index contributed by atoms with van der Waals surface area (Å²) in [6, 6.07) is 7.58. The Morgan fingerprint density at radius 1 is 1.36 bits per heavy atom. The third-order valence-electron chi connectivity index (χ3n) is 4.47. The number of allylic oxidation sites excluding steroid dienone is 1. The van der Waals surface area contributed by atoms with Crippen LogP contribution in [0.4, 0.5) is 11.4 Å². The van der Waals surface area contributed by atoms with Crippen LogP contribution in [-0.4, -0.2) is 57.6 Å². The highest BCUT2D eigenvalue weighted by Crippen LogP contribution is 2.35. The van der Waals surface area contributed by atoms with Gasteiger partial charge in [0, 0.05) is 38.3 Å². The molecular weight excluding hydrogens is 380 g/mol. The van der Waals surface area contributed by atoms with Crippen LogP contribution in [0.15, 0.2) is 24.4 Å². The molecule has 9 nitrogen and oxygen atoms in total. The van der Waals surface area contributed by atoms with Crippen LogP contribution in [0.3, 0.4) is 0 Å². The number of halogens is 1. The summed E-state index contributed by atoms with van der Waals surface area (Å²) in [6.07, 6.45) is 1.53. The van der Waals surface area contributed by atoms with Gasteiger partial charge in [-0.15, -0.1) is 10.2 Å². The van der Waals surface area contributed by atoms with Crippen molar-refractivity contribution in [3.8, 4) is 6.07 Å². The highest BCUT2D eigenvalue weighted by atomic mass is 35.5.